The highest BCUT2D eigenvalue weighted by atomic mass is 16.5. The predicted octanol–water partition coefficient (Wildman–Crippen LogP) is 2.78. The van der Waals surface area contributed by atoms with Gasteiger partial charge in [0.05, 0.1) is 11.2 Å². The molecule has 17 heavy (non-hydrogen) atoms. The second-order valence-electron chi connectivity index (χ2n) is 5.62. The highest BCUT2D eigenvalue weighted by Gasteiger charge is 2.43. The minimum absolute atomic E-state index is 0.188. The van der Waals surface area contributed by atoms with Gasteiger partial charge in [-0.25, -0.2) is 0 Å². The van der Waals surface area contributed by atoms with E-state index in [4.69, 9.17) is 4.74 Å². The van der Waals surface area contributed by atoms with Gasteiger partial charge in [0.15, 0.2) is 0 Å². The van der Waals surface area contributed by atoms with Gasteiger partial charge in [0.25, 0.3) is 0 Å². The summed E-state index contributed by atoms with van der Waals surface area (Å²) in [5.74, 6) is 0. The number of hydrogen-bond acceptors (Lipinski definition) is 2. The minimum Gasteiger partial charge on any atom is -0.385 e. The van der Waals surface area contributed by atoms with Crippen LogP contribution in [0.1, 0.15) is 43.2 Å². The molecule has 2 aliphatic carbocycles. The Labute approximate surface area is 103 Å². The van der Waals surface area contributed by atoms with Crippen molar-refractivity contribution in [2.75, 3.05) is 7.11 Å². The molecule has 0 radical (unpaired) electrons. The van der Waals surface area contributed by atoms with Crippen molar-refractivity contribution in [3.63, 3.8) is 0 Å². The minimum atomic E-state index is -0.497. The zero-order valence-corrected chi connectivity index (χ0v) is 10.4. The lowest BCUT2D eigenvalue weighted by atomic mass is 10.0. The van der Waals surface area contributed by atoms with Gasteiger partial charge in [-0.2, -0.15) is 0 Å². The number of hydrogen-bond donors (Lipinski definition) is 1. The molecule has 2 saturated carbocycles. The van der Waals surface area contributed by atoms with Crippen LogP contribution in [0.25, 0.3) is 0 Å². The largest absolute Gasteiger partial charge is 0.385 e. The third kappa shape index (κ3) is 2.24. The summed E-state index contributed by atoms with van der Waals surface area (Å²) in [5, 5.41) is 9.98. The number of aliphatic hydroxyl groups is 1. The first kappa shape index (κ1) is 11.2. The summed E-state index contributed by atoms with van der Waals surface area (Å²) in [7, 11) is 1.82. The summed E-state index contributed by atoms with van der Waals surface area (Å²) in [4.78, 5) is 0. The molecule has 0 aliphatic heterocycles. The molecule has 2 fully saturated rings. The summed E-state index contributed by atoms with van der Waals surface area (Å²) in [6.45, 7) is 0. The molecule has 0 atom stereocenters. The van der Waals surface area contributed by atoms with Gasteiger partial charge >= 0.3 is 0 Å². The fourth-order valence-corrected chi connectivity index (χ4v) is 2.46. The van der Waals surface area contributed by atoms with Crippen LogP contribution in [0.2, 0.25) is 0 Å². The molecule has 0 unspecified atom stereocenters. The van der Waals surface area contributed by atoms with Crippen LogP contribution in [-0.4, -0.2) is 17.8 Å². The van der Waals surface area contributed by atoms with E-state index in [-0.39, 0.29) is 5.60 Å². The van der Waals surface area contributed by atoms with Gasteiger partial charge in [-0.1, -0.05) is 24.3 Å². The molecule has 3 rings (SSSR count). The molecule has 0 heterocycles. The maximum absolute atomic E-state index is 9.98. The van der Waals surface area contributed by atoms with E-state index >= 15 is 0 Å². The zero-order chi connectivity index (χ0) is 11.9. The summed E-state index contributed by atoms with van der Waals surface area (Å²) in [6, 6.07) is 8.46. The van der Waals surface area contributed by atoms with Gasteiger partial charge < -0.3 is 9.84 Å². The van der Waals surface area contributed by atoms with Crippen molar-refractivity contribution in [2.24, 2.45) is 0 Å². The molecular weight excluding hydrogens is 212 g/mol. The second kappa shape index (κ2) is 3.82. The first-order valence-corrected chi connectivity index (χ1v) is 6.53. The molecule has 1 aromatic carbocycles. The predicted molar refractivity (Wildman–Crippen MR) is 66.9 cm³/mol. The first-order chi connectivity index (χ1) is 8.16. The maximum atomic E-state index is 9.98. The molecule has 0 aromatic heterocycles. The zero-order valence-electron chi connectivity index (χ0n) is 10.4. The molecule has 1 N–H and O–H groups in total. The average molecular weight is 232 g/mol. The lowest BCUT2D eigenvalue weighted by Crippen LogP contribution is -2.12. The number of rotatable bonds is 5. The quantitative estimate of drug-likeness (QED) is 0.846. The van der Waals surface area contributed by atoms with E-state index in [2.05, 4.69) is 24.3 Å². The highest BCUT2D eigenvalue weighted by molar-refractivity contribution is 5.30. The summed E-state index contributed by atoms with van der Waals surface area (Å²) in [5.41, 5.74) is 2.12. The Balaban J connectivity index is 1.61. The van der Waals surface area contributed by atoms with E-state index in [0.717, 1.165) is 31.2 Å². The van der Waals surface area contributed by atoms with Crippen molar-refractivity contribution >= 4 is 0 Å². The fourth-order valence-electron chi connectivity index (χ4n) is 2.46. The molecule has 2 nitrogen and oxygen atoms in total. The molecule has 2 heteroatoms. The number of benzene rings is 1. The van der Waals surface area contributed by atoms with Crippen LogP contribution in [0.5, 0.6) is 0 Å². The van der Waals surface area contributed by atoms with Crippen LogP contribution in [0.15, 0.2) is 24.3 Å². The van der Waals surface area contributed by atoms with Crippen LogP contribution in [0, 0.1) is 0 Å². The van der Waals surface area contributed by atoms with Gasteiger partial charge in [0, 0.05) is 7.11 Å². The number of methoxy groups -OCH3 is 1. The fraction of sp³-hybridized carbons (Fsp3) is 0.600. The van der Waals surface area contributed by atoms with E-state index in [1.54, 1.807) is 0 Å². The van der Waals surface area contributed by atoms with E-state index in [0.29, 0.717) is 0 Å². The number of aryl methyl sites for hydroxylation is 1. The summed E-state index contributed by atoms with van der Waals surface area (Å²) < 4.78 is 5.52. The molecule has 92 valence electrons. The van der Waals surface area contributed by atoms with Crippen LogP contribution >= 0.6 is 0 Å². The second-order valence-corrected chi connectivity index (χ2v) is 5.62. The summed E-state index contributed by atoms with van der Waals surface area (Å²) in [6.07, 6.45) is 6.45. The normalized spacial score (nSPS) is 23.4. The van der Waals surface area contributed by atoms with Crippen LogP contribution < -0.4 is 0 Å². The van der Waals surface area contributed by atoms with Gasteiger partial charge in [-0.3, -0.25) is 0 Å². The Hall–Kier alpha value is -0.860. The first-order valence-electron chi connectivity index (χ1n) is 6.53. The molecule has 0 spiro atoms. The maximum Gasteiger partial charge on any atom is 0.0899 e. The third-order valence-corrected chi connectivity index (χ3v) is 4.32. The molecule has 0 saturated heterocycles. The standard InChI is InChI=1S/C15H20O2/c1-17-14(8-9-14)7-6-12-2-4-13(5-3-12)15(16)10-11-15/h2-5,16H,6-11H2,1H3. The Morgan fingerprint density at radius 2 is 1.76 bits per heavy atom. The molecule has 0 amide bonds. The number of ether oxygens (including phenoxy) is 1. The van der Waals surface area contributed by atoms with Crippen molar-refractivity contribution in [1.82, 2.24) is 0 Å². The Morgan fingerprint density at radius 1 is 1.12 bits per heavy atom. The molecule has 2 aliphatic rings. The van der Waals surface area contributed by atoms with Crippen LogP contribution in [0.4, 0.5) is 0 Å². The van der Waals surface area contributed by atoms with Crippen molar-refractivity contribution in [3.8, 4) is 0 Å². The molecule has 0 bridgehead atoms. The lowest BCUT2D eigenvalue weighted by Gasteiger charge is -2.13. The van der Waals surface area contributed by atoms with Crippen molar-refractivity contribution in [1.29, 1.82) is 0 Å². The molecular formula is C15H20O2. The SMILES string of the molecule is COC1(CCc2ccc(C3(O)CC3)cc2)CC1. The Morgan fingerprint density at radius 3 is 2.24 bits per heavy atom. The van der Waals surface area contributed by atoms with E-state index in [1.807, 2.05) is 7.11 Å². The Kier molecular flexibility index (Phi) is 2.53. The molecule has 1 aromatic rings. The van der Waals surface area contributed by atoms with E-state index in [1.165, 1.54) is 18.4 Å². The highest BCUT2D eigenvalue weighted by Crippen LogP contribution is 2.45. The third-order valence-electron chi connectivity index (χ3n) is 4.32. The van der Waals surface area contributed by atoms with Crippen LogP contribution in [0.3, 0.4) is 0 Å². The topological polar surface area (TPSA) is 29.5 Å². The Bertz CT molecular complexity index is 399. The lowest BCUT2D eigenvalue weighted by molar-refractivity contribution is 0.0731. The summed E-state index contributed by atoms with van der Waals surface area (Å²) >= 11 is 0. The van der Waals surface area contributed by atoms with E-state index < -0.39 is 5.60 Å². The smallest absolute Gasteiger partial charge is 0.0899 e. The van der Waals surface area contributed by atoms with Crippen molar-refractivity contribution < 1.29 is 9.84 Å². The van der Waals surface area contributed by atoms with Crippen molar-refractivity contribution in [3.05, 3.63) is 35.4 Å². The van der Waals surface area contributed by atoms with Crippen LogP contribution in [-0.2, 0) is 16.8 Å². The van der Waals surface area contributed by atoms with Gasteiger partial charge in [0.1, 0.15) is 0 Å². The van der Waals surface area contributed by atoms with Gasteiger partial charge in [-0.15, -0.1) is 0 Å². The van der Waals surface area contributed by atoms with Gasteiger partial charge in [0.2, 0.25) is 0 Å². The van der Waals surface area contributed by atoms with E-state index in [9.17, 15) is 5.11 Å². The average Bonchev–Trinajstić information content (AvgIpc) is 3.26. The van der Waals surface area contributed by atoms with Gasteiger partial charge in [-0.05, 0) is 49.7 Å². The van der Waals surface area contributed by atoms with Crippen molar-refractivity contribution in [2.45, 2.75) is 49.7 Å². The monoisotopic (exact) mass is 232 g/mol.